The Morgan fingerprint density at radius 3 is 2.64 bits per heavy atom. The van der Waals surface area contributed by atoms with Gasteiger partial charge in [-0.1, -0.05) is 17.7 Å². The fourth-order valence-corrected chi connectivity index (χ4v) is 2.25. The largest absolute Gasteiger partial charge is 0.481 e. The van der Waals surface area contributed by atoms with E-state index < -0.39 is 12.1 Å². The van der Waals surface area contributed by atoms with Crippen molar-refractivity contribution in [2.75, 3.05) is 11.9 Å². The lowest BCUT2D eigenvalue weighted by molar-refractivity contribution is -0.122. The molecule has 0 spiro atoms. The maximum absolute atomic E-state index is 12.3. The molecule has 25 heavy (non-hydrogen) atoms. The summed E-state index contributed by atoms with van der Waals surface area (Å²) in [5.74, 6) is -0.196. The van der Waals surface area contributed by atoms with Crippen molar-refractivity contribution in [1.29, 1.82) is 0 Å². The number of carbonyl (C=O) groups excluding carboxylic acids is 2. The molecule has 1 atom stereocenters. The molecule has 0 unspecified atom stereocenters. The van der Waals surface area contributed by atoms with Gasteiger partial charge in [-0.15, -0.1) is 0 Å². The number of ether oxygens (including phenoxy) is 2. The van der Waals surface area contributed by atoms with Gasteiger partial charge >= 0.3 is 5.97 Å². The second-order valence-electron chi connectivity index (χ2n) is 5.46. The number of amides is 1. The molecule has 0 aromatic heterocycles. The standard InChI is InChI=1S/C19H20ClNO4/c1-4-24-19(23)14-6-5-7-15(11-14)21-18(22)13(3)25-16-8-9-17(20)12(2)10-16/h5-11,13H,4H2,1-3H3,(H,21,22)/t13-/m1/s1. The van der Waals surface area contributed by atoms with Gasteiger partial charge in [0.1, 0.15) is 5.75 Å². The van der Waals surface area contributed by atoms with Crippen molar-refractivity contribution < 1.29 is 19.1 Å². The van der Waals surface area contributed by atoms with E-state index in [4.69, 9.17) is 21.1 Å². The molecule has 2 aromatic carbocycles. The molecule has 132 valence electrons. The van der Waals surface area contributed by atoms with Crippen LogP contribution in [0.5, 0.6) is 5.75 Å². The van der Waals surface area contributed by atoms with Crippen LogP contribution in [0.1, 0.15) is 29.8 Å². The number of anilines is 1. The van der Waals surface area contributed by atoms with Crippen LogP contribution in [-0.4, -0.2) is 24.6 Å². The maximum Gasteiger partial charge on any atom is 0.338 e. The zero-order valence-electron chi connectivity index (χ0n) is 14.3. The average Bonchev–Trinajstić information content (AvgIpc) is 2.58. The third-order valence-corrected chi connectivity index (χ3v) is 3.88. The lowest BCUT2D eigenvalue weighted by Gasteiger charge is -2.15. The van der Waals surface area contributed by atoms with Gasteiger partial charge in [0.2, 0.25) is 0 Å². The molecular weight excluding hydrogens is 342 g/mol. The van der Waals surface area contributed by atoms with Crippen molar-refractivity contribution in [3.63, 3.8) is 0 Å². The molecule has 0 aliphatic carbocycles. The number of nitrogens with one attached hydrogen (secondary N) is 1. The second kappa shape index (κ2) is 8.53. The predicted octanol–water partition coefficient (Wildman–Crippen LogP) is 4.23. The van der Waals surface area contributed by atoms with E-state index in [2.05, 4.69) is 5.32 Å². The van der Waals surface area contributed by atoms with Crippen LogP contribution in [0.15, 0.2) is 42.5 Å². The summed E-state index contributed by atoms with van der Waals surface area (Å²) >= 11 is 5.98. The average molecular weight is 362 g/mol. The monoisotopic (exact) mass is 361 g/mol. The topological polar surface area (TPSA) is 64.6 Å². The number of halogens is 1. The Hall–Kier alpha value is -2.53. The van der Waals surface area contributed by atoms with Crippen LogP contribution in [0.4, 0.5) is 5.69 Å². The Balaban J connectivity index is 2.02. The summed E-state index contributed by atoms with van der Waals surface area (Å²) in [4.78, 5) is 24.0. The number of hydrogen-bond acceptors (Lipinski definition) is 4. The summed E-state index contributed by atoms with van der Waals surface area (Å²) in [6, 6.07) is 11.8. The quantitative estimate of drug-likeness (QED) is 0.782. The molecule has 2 aromatic rings. The number of aryl methyl sites for hydroxylation is 1. The van der Waals surface area contributed by atoms with Crippen molar-refractivity contribution in [3.05, 3.63) is 58.6 Å². The van der Waals surface area contributed by atoms with Gasteiger partial charge in [-0.25, -0.2) is 4.79 Å². The van der Waals surface area contributed by atoms with Crippen LogP contribution in [0.3, 0.4) is 0 Å². The lowest BCUT2D eigenvalue weighted by Crippen LogP contribution is -2.30. The first-order valence-corrected chi connectivity index (χ1v) is 8.29. The molecule has 2 rings (SSSR count). The van der Waals surface area contributed by atoms with E-state index in [-0.39, 0.29) is 5.91 Å². The van der Waals surface area contributed by atoms with Crippen molar-refractivity contribution in [3.8, 4) is 5.75 Å². The first-order valence-electron chi connectivity index (χ1n) is 7.91. The minimum absolute atomic E-state index is 0.292. The fraction of sp³-hybridized carbons (Fsp3) is 0.263. The number of hydrogen-bond donors (Lipinski definition) is 1. The highest BCUT2D eigenvalue weighted by atomic mass is 35.5. The third-order valence-electron chi connectivity index (χ3n) is 3.45. The second-order valence-corrected chi connectivity index (χ2v) is 5.87. The van der Waals surface area contributed by atoms with E-state index >= 15 is 0 Å². The molecule has 0 aliphatic rings. The summed E-state index contributed by atoms with van der Waals surface area (Å²) < 4.78 is 10.6. The summed E-state index contributed by atoms with van der Waals surface area (Å²) in [6.07, 6.45) is -0.716. The maximum atomic E-state index is 12.3. The Labute approximate surface area is 151 Å². The van der Waals surface area contributed by atoms with E-state index in [1.54, 1.807) is 56.3 Å². The SMILES string of the molecule is CCOC(=O)c1cccc(NC(=O)[C@@H](C)Oc2ccc(Cl)c(C)c2)c1. The van der Waals surface area contributed by atoms with Gasteiger partial charge < -0.3 is 14.8 Å². The Bertz CT molecular complexity index is 776. The Morgan fingerprint density at radius 2 is 1.96 bits per heavy atom. The van der Waals surface area contributed by atoms with E-state index in [9.17, 15) is 9.59 Å². The minimum Gasteiger partial charge on any atom is -0.481 e. The van der Waals surface area contributed by atoms with E-state index in [0.717, 1.165) is 5.56 Å². The van der Waals surface area contributed by atoms with Crippen LogP contribution in [-0.2, 0) is 9.53 Å². The first-order chi connectivity index (χ1) is 11.9. The van der Waals surface area contributed by atoms with Gasteiger partial charge in [-0.05, 0) is 62.7 Å². The molecule has 0 heterocycles. The van der Waals surface area contributed by atoms with Crippen LogP contribution < -0.4 is 10.1 Å². The van der Waals surface area contributed by atoms with Crippen LogP contribution in [0, 0.1) is 6.92 Å². The van der Waals surface area contributed by atoms with Crippen molar-refractivity contribution >= 4 is 29.2 Å². The van der Waals surface area contributed by atoms with Gasteiger partial charge in [0.05, 0.1) is 12.2 Å². The van der Waals surface area contributed by atoms with E-state index in [1.807, 2.05) is 6.92 Å². The molecule has 0 saturated heterocycles. The Morgan fingerprint density at radius 1 is 1.20 bits per heavy atom. The molecule has 1 N–H and O–H groups in total. The summed E-state index contributed by atoms with van der Waals surface area (Å²) in [7, 11) is 0. The van der Waals surface area contributed by atoms with Crippen LogP contribution >= 0.6 is 11.6 Å². The van der Waals surface area contributed by atoms with Crippen LogP contribution in [0.2, 0.25) is 5.02 Å². The number of esters is 1. The molecule has 0 radical (unpaired) electrons. The van der Waals surface area contributed by atoms with Crippen molar-refractivity contribution in [2.24, 2.45) is 0 Å². The number of carbonyl (C=O) groups is 2. The highest BCUT2D eigenvalue weighted by molar-refractivity contribution is 6.31. The molecule has 0 saturated carbocycles. The van der Waals surface area contributed by atoms with Gasteiger partial charge in [-0.3, -0.25) is 4.79 Å². The van der Waals surface area contributed by atoms with Crippen LogP contribution in [0.25, 0.3) is 0 Å². The zero-order valence-corrected chi connectivity index (χ0v) is 15.1. The minimum atomic E-state index is -0.716. The molecule has 0 fully saturated rings. The van der Waals surface area contributed by atoms with Gasteiger partial charge in [-0.2, -0.15) is 0 Å². The molecule has 0 bridgehead atoms. The zero-order chi connectivity index (χ0) is 18.4. The molecular formula is C19H20ClNO4. The Kier molecular flexibility index (Phi) is 6.42. The molecule has 1 amide bonds. The molecule has 0 aliphatic heterocycles. The van der Waals surface area contributed by atoms with Crippen molar-refractivity contribution in [2.45, 2.75) is 26.9 Å². The predicted molar refractivity (Wildman–Crippen MR) is 97.3 cm³/mol. The lowest BCUT2D eigenvalue weighted by atomic mass is 10.2. The van der Waals surface area contributed by atoms with E-state index in [1.165, 1.54) is 0 Å². The number of rotatable bonds is 6. The summed E-state index contributed by atoms with van der Waals surface area (Å²) in [6.45, 7) is 5.54. The fourth-order valence-electron chi connectivity index (χ4n) is 2.13. The first kappa shape index (κ1) is 18.8. The van der Waals surface area contributed by atoms with E-state index in [0.29, 0.717) is 28.6 Å². The third kappa shape index (κ3) is 5.22. The highest BCUT2D eigenvalue weighted by Crippen LogP contribution is 2.22. The van der Waals surface area contributed by atoms with Gasteiger partial charge in [0.25, 0.3) is 5.91 Å². The van der Waals surface area contributed by atoms with Crippen molar-refractivity contribution in [1.82, 2.24) is 0 Å². The van der Waals surface area contributed by atoms with Gasteiger partial charge in [0.15, 0.2) is 6.10 Å². The smallest absolute Gasteiger partial charge is 0.338 e. The molecule has 6 heteroatoms. The number of benzene rings is 2. The molecule has 5 nitrogen and oxygen atoms in total. The van der Waals surface area contributed by atoms with Gasteiger partial charge in [0, 0.05) is 10.7 Å². The normalized spacial score (nSPS) is 11.5. The summed E-state index contributed by atoms with van der Waals surface area (Å²) in [5.41, 5.74) is 1.74. The summed E-state index contributed by atoms with van der Waals surface area (Å²) in [5, 5.41) is 3.37. The highest BCUT2D eigenvalue weighted by Gasteiger charge is 2.16.